The second-order valence-electron chi connectivity index (χ2n) is 6.10. The Labute approximate surface area is 142 Å². The number of allylic oxidation sites excluding steroid dienone is 1. The standard InChI is InChI=1S/C20H21N3O/c1-14-8-6-7-11-19(14)22-23-20(24)13-18(21)17(12-15(20)2)16-9-4-3-5-10-16/h3-13,15,24H,21H2,1-2H3. The summed E-state index contributed by atoms with van der Waals surface area (Å²) in [6.07, 6.45) is 3.53. The molecule has 2 unspecified atom stereocenters. The van der Waals surface area contributed by atoms with Crippen LogP contribution in [0.25, 0.3) is 5.57 Å². The van der Waals surface area contributed by atoms with Crippen LogP contribution in [-0.2, 0) is 0 Å². The largest absolute Gasteiger partial charge is 0.398 e. The molecule has 4 nitrogen and oxygen atoms in total. The summed E-state index contributed by atoms with van der Waals surface area (Å²) >= 11 is 0. The third-order valence-electron chi connectivity index (χ3n) is 4.28. The summed E-state index contributed by atoms with van der Waals surface area (Å²) < 4.78 is 0. The molecule has 122 valence electrons. The van der Waals surface area contributed by atoms with Crippen molar-refractivity contribution in [2.75, 3.05) is 0 Å². The second-order valence-corrected chi connectivity index (χ2v) is 6.10. The van der Waals surface area contributed by atoms with Crippen molar-refractivity contribution in [3.63, 3.8) is 0 Å². The van der Waals surface area contributed by atoms with E-state index in [0.717, 1.165) is 22.4 Å². The first-order valence-corrected chi connectivity index (χ1v) is 7.96. The molecule has 2 atom stereocenters. The van der Waals surface area contributed by atoms with E-state index in [-0.39, 0.29) is 5.92 Å². The fraction of sp³-hybridized carbons (Fsp3) is 0.200. The van der Waals surface area contributed by atoms with E-state index in [1.54, 1.807) is 6.08 Å². The molecular weight excluding hydrogens is 298 g/mol. The highest BCUT2D eigenvalue weighted by atomic mass is 16.3. The van der Waals surface area contributed by atoms with Crippen LogP contribution in [0.1, 0.15) is 18.1 Å². The fourth-order valence-electron chi connectivity index (χ4n) is 2.72. The van der Waals surface area contributed by atoms with Crippen molar-refractivity contribution in [3.05, 3.63) is 83.6 Å². The topological polar surface area (TPSA) is 71.0 Å². The molecule has 0 radical (unpaired) electrons. The Morgan fingerprint density at radius 3 is 2.42 bits per heavy atom. The normalized spacial score (nSPS) is 23.9. The zero-order valence-electron chi connectivity index (χ0n) is 13.8. The highest BCUT2D eigenvalue weighted by Gasteiger charge is 2.35. The molecule has 0 saturated heterocycles. The summed E-state index contributed by atoms with van der Waals surface area (Å²) in [7, 11) is 0. The maximum Gasteiger partial charge on any atom is 0.204 e. The van der Waals surface area contributed by atoms with Crippen LogP contribution in [0.3, 0.4) is 0 Å². The molecule has 4 heteroatoms. The highest BCUT2D eigenvalue weighted by Crippen LogP contribution is 2.35. The Morgan fingerprint density at radius 2 is 1.71 bits per heavy atom. The zero-order chi connectivity index (χ0) is 17.2. The van der Waals surface area contributed by atoms with Crippen LogP contribution in [0, 0.1) is 12.8 Å². The molecule has 24 heavy (non-hydrogen) atoms. The number of aryl methyl sites for hydroxylation is 1. The minimum Gasteiger partial charge on any atom is -0.398 e. The molecule has 1 aliphatic rings. The SMILES string of the molecule is Cc1ccccc1N=NC1(O)C=C(N)C(c2ccccc2)=CC1C. The van der Waals surface area contributed by atoms with Gasteiger partial charge in [-0.25, -0.2) is 0 Å². The molecule has 0 heterocycles. The number of benzene rings is 2. The van der Waals surface area contributed by atoms with Gasteiger partial charge in [0.15, 0.2) is 0 Å². The Bertz CT molecular complexity index is 824. The van der Waals surface area contributed by atoms with Gasteiger partial charge in [0.2, 0.25) is 5.72 Å². The molecule has 0 aromatic heterocycles. The van der Waals surface area contributed by atoms with Gasteiger partial charge in [-0.15, -0.1) is 5.11 Å². The maximum absolute atomic E-state index is 10.9. The van der Waals surface area contributed by atoms with Crippen molar-refractivity contribution in [1.82, 2.24) is 0 Å². The van der Waals surface area contributed by atoms with Gasteiger partial charge in [-0.1, -0.05) is 61.5 Å². The van der Waals surface area contributed by atoms with Crippen molar-refractivity contribution < 1.29 is 5.11 Å². The zero-order valence-corrected chi connectivity index (χ0v) is 13.8. The summed E-state index contributed by atoms with van der Waals surface area (Å²) in [5.41, 5.74) is 8.93. The lowest BCUT2D eigenvalue weighted by Crippen LogP contribution is -2.34. The molecule has 0 bridgehead atoms. The molecule has 0 spiro atoms. The van der Waals surface area contributed by atoms with Crippen LogP contribution in [0.5, 0.6) is 0 Å². The Kier molecular flexibility index (Phi) is 4.32. The number of hydrogen-bond acceptors (Lipinski definition) is 4. The van der Waals surface area contributed by atoms with Crippen molar-refractivity contribution in [3.8, 4) is 0 Å². The van der Waals surface area contributed by atoms with Gasteiger partial charge in [-0.05, 0) is 30.2 Å². The average Bonchev–Trinajstić information content (AvgIpc) is 2.58. The van der Waals surface area contributed by atoms with Gasteiger partial charge in [-0.2, -0.15) is 5.11 Å². The molecule has 0 aliphatic heterocycles. The van der Waals surface area contributed by atoms with E-state index in [2.05, 4.69) is 10.2 Å². The smallest absolute Gasteiger partial charge is 0.204 e. The van der Waals surface area contributed by atoms with E-state index >= 15 is 0 Å². The van der Waals surface area contributed by atoms with E-state index in [0.29, 0.717) is 5.70 Å². The fourth-order valence-corrected chi connectivity index (χ4v) is 2.72. The maximum atomic E-state index is 10.9. The summed E-state index contributed by atoms with van der Waals surface area (Å²) in [5.74, 6) is -0.243. The minimum absolute atomic E-state index is 0.243. The van der Waals surface area contributed by atoms with Gasteiger partial charge in [-0.3, -0.25) is 0 Å². The summed E-state index contributed by atoms with van der Waals surface area (Å²) in [4.78, 5) is 0. The van der Waals surface area contributed by atoms with Crippen molar-refractivity contribution >= 4 is 11.3 Å². The number of nitrogens with two attached hydrogens (primary N) is 1. The number of nitrogens with zero attached hydrogens (tertiary/aromatic N) is 2. The molecule has 2 aromatic carbocycles. The van der Waals surface area contributed by atoms with E-state index < -0.39 is 5.72 Å². The van der Waals surface area contributed by atoms with Crippen LogP contribution in [-0.4, -0.2) is 10.8 Å². The Hall–Kier alpha value is -2.72. The lowest BCUT2D eigenvalue weighted by Gasteiger charge is -2.29. The lowest BCUT2D eigenvalue weighted by molar-refractivity contribution is 0.0552. The van der Waals surface area contributed by atoms with Crippen molar-refractivity contribution in [2.24, 2.45) is 21.9 Å². The quantitative estimate of drug-likeness (QED) is 0.826. The predicted molar refractivity (Wildman–Crippen MR) is 96.5 cm³/mol. The van der Waals surface area contributed by atoms with Gasteiger partial charge in [0.25, 0.3) is 0 Å². The molecule has 1 aliphatic carbocycles. The first-order chi connectivity index (χ1) is 11.5. The number of azo groups is 1. The molecule has 0 amide bonds. The van der Waals surface area contributed by atoms with E-state index in [9.17, 15) is 5.11 Å². The summed E-state index contributed by atoms with van der Waals surface area (Å²) in [6.45, 7) is 3.86. The third-order valence-corrected chi connectivity index (χ3v) is 4.28. The van der Waals surface area contributed by atoms with Crippen LogP contribution >= 0.6 is 0 Å². The first-order valence-electron chi connectivity index (χ1n) is 7.96. The summed E-state index contributed by atoms with van der Waals surface area (Å²) in [5, 5.41) is 19.3. The van der Waals surface area contributed by atoms with E-state index in [1.165, 1.54) is 0 Å². The number of rotatable bonds is 3. The van der Waals surface area contributed by atoms with E-state index in [1.807, 2.05) is 74.5 Å². The number of aliphatic hydroxyl groups is 1. The molecule has 0 fully saturated rings. The monoisotopic (exact) mass is 319 g/mol. The molecule has 0 saturated carbocycles. The van der Waals surface area contributed by atoms with Crippen molar-refractivity contribution in [1.29, 1.82) is 0 Å². The molecule has 3 rings (SSSR count). The van der Waals surface area contributed by atoms with Gasteiger partial charge < -0.3 is 10.8 Å². The van der Waals surface area contributed by atoms with Crippen LogP contribution in [0.2, 0.25) is 0 Å². The lowest BCUT2D eigenvalue weighted by atomic mass is 9.85. The predicted octanol–water partition coefficient (Wildman–Crippen LogP) is 4.34. The number of hydrogen-bond donors (Lipinski definition) is 2. The van der Waals surface area contributed by atoms with Gasteiger partial charge in [0.05, 0.1) is 5.69 Å². The Balaban J connectivity index is 1.91. The van der Waals surface area contributed by atoms with Crippen LogP contribution in [0.4, 0.5) is 5.69 Å². The van der Waals surface area contributed by atoms with E-state index in [4.69, 9.17) is 5.73 Å². The molecular formula is C20H21N3O. The molecule has 2 aromatic rings. The average molecular weight is 319 g/mol. The van der Waals surface area contributed by atoms with Gasteiger partial charge in [0.1, 0.15) is 0 Å². The van der Waals surface area contributed by atoms with Crippen LogP contribution < -0.4 is 5.73 Å². The third kappa shape index (κ3) is 3.14. The van der Waals surface area contributed by atoms with Gasteiger partial charge >= 0.3 is 0 Å². The summed E-state index contributed by atoms with van der Waals surface area (Å²) in [6, 6.07) is 17.6. The Morgan fingerprint density at radius 1 is 1.04 bits per heavy atom. The van der Waals surface area contributed by atoms with Gasteiger partial charge in [0, 0.05) is 17.2 Å². The van der Waals surface area contributed by atoms with Crippen LogP contribution in [0.15, 0.2) is 82.7 Å². The van der Waals surface area contributed by atoms with Crippen molar-refractivity contribution in [2.45, 2.75) is 19.6 Å². The first kappa shape index (κ1) is 16.1. The second kappa shape index (κ2) is 6.42. The highest BCUT2D eigenvalue weighted by molar-refractivity contribution is 5.79. The minimum atomic E-state index is -1.44. The molecule has 3 N–H and O–H groups in total.